The molecule has 2 heterocycles. The van der Waals surface area contributed by atoms with E-state index < -0.39 is 29.2 Å². The second kappa shape index (κ2) is 9.57. The number of halogens is 2. The molecule has 0 bridgehead atoms. The Balaban J connectivity index is 1.98. The van der Waals surface area contributed by atoms with Crippen LogP contribution in [0.15, 0.2) is 54.7 Å². The summed E-state index contributed by atoms with van der Waals surface area (Å²) in [5, 5.41) is 4.40. The molecule has 0 radical (unpaired) electrons. The Hall–Kier alpha value is -4.40. The van der Waals surface area contributed by atoms with Crippen LogP contribution in [-0.4, -0.2) is 45.4 Å². The van der Waals surface area contributed by atoms with Gasteiger partial charge in [-0.1, -0.05) is 12.1 Å². The van der Waals surface area contributed by atoms with Gasteiger partial charge in [-0.15, -0.1) is 0 Å². The van der Waals surface area contributed by atoms with Gasteiger partial charge in [-0.25, -0.2) is 23.0 Å². The normalized spacial score (nSPS) is 11.4. The van der Waals surface area contributed by atoms with Crippen molar-refractivity contribution in [2.24, 2.45) is 0 Å². The number of hydrogen-bond acceptors (Lipinski definition) is 5. The molecule has 37 heavy (non-hydrogen) atoms. The van der Waals surface area contributed by atoms with Crippen LogP contribution in [0.5, 0.6) is 0 Å². The lowest BCUT2D eigenvalue weighted by Crippen LogP contribution is -2.38. The Morgan fingerprint density at radius 2 is 1.70 bits per heavy atom. The molecule has 0 aliphatic carbocycles. The Bertz CT molecular complexity index is 1540. The summed E-state index contributed by atoms with van der Waals surface area (Å²) in [6.45, 7) is 6.74. The second-order valence-electron chi connectivity index (χ2n) is 9.60. The number of pyridine rings is 1. The number of aromatic nitrogens is 2. The number of ether oxygens (including phenoxy) is 1. The second-order valence-corrected chi connectivity index (χ2v) is 9.60. The fraction of sp³-hybridized carbons (Fsp3) is 0.214. The summed E-state index contributed by atoms with van der Waals surface area (Å²) in [6.07, 6.45) is 1.22. The van der Waals surface area contributed by atoms with E-state index in [2.05, 4.69) is 5.10 Å². The zero-order valence-electron chi connectivity index (χ0n) is 21.0. The Kier molecular flexibility index (Phi) is 6.64. The van der Waals surface area contributed by atoms with Crippen molar-refractivity contribution < 1.29 is 27.9 Å². The molecule has 0 N–H and O–H groups in total. The van der Waals surface area contributed by atoms with Gasteiger partial charge in [0.25, 0.3) is 5.91 Å². The van der Waals surface area contributed by atoms with Gasteiger partial charge in [0.2, 0.25) is 0 Å². The first-order valence-electron chi connectivity index (χ1n) is 11.5. The summed E-state index contributed by atoms with van der Waals surface area (Å²) in [6, 6.07) is 11.6. The van der Waals surface area contributed by atoms with Gasteiger partial charge in [0.1, 0.15) is 28.9 Å². The van der Waals surface area contributed by atoms with Crippen LogP contribution in [0, 0.1) is 18.6 Å². The van der Waals surface area contributed by atoms with Gasteiger partial charge >= 0.3 is 6.09 Å². The van der Waals surface area contributed by atoms with Crippen molar-refractivity contribution in [3.8, 4) is 22.4 Å². The molecule has 0 spiro atoms. The van der Waals surface area contributed by atoms with Crippen LogP contribution in [0.4, 0.5) is 13.6 Å². The van der Waals surface area contributed by atoms with Crippen molar-refractivity contribution in [1.82, 2.24) is 14.5 Å². The largest absolute Gasteiger partial charge is 0.443 e. The Morgan fingerprint density at radius 1 is 1.03 bits per heavy atom. The minimum atomic E-state index is -0.923. The van der Waals surface area contributed by atoms with Crippen molar-refractivity contribution in [3.63, 3.8) is 0 Å². The predicted molar refractivity (Wildman–Crippen MR) is 134 cm³/mol. The van der Waals surface area contributed by atoms with Crippen LogP contribution in [0.1, 0.15) is 47.1 Å². The van der Waals surface area contributed by atoms with Gasteiger partial charge in [0.05, 0.1) is 5.56 Å². The fourth-order valence-electron chi connectivity index (χ4n) is 3.90. The van der Waals surface area contributed by atoms with E-state index in [9.17, 15) is 18.8 Å². The molecule has 4 aromatic rings. The van der Waals surface area contributed by atoms with Crippen molar-refractivity contribution in [2.75, 3.05) is 7.05 Å². The summed E-state index contributed by atoms with van der Waals surface area (Å²) in [5.41, 5.74) is 0.873. The molecule has 0 aliphatic rings. The number of amides is 2. The lowest BCUT2D eigenvalue weighted by atomic mass is 9.97. The van der Waals surface area contributed by atoms with E-state index in [1.807, 2.05) is 0 Å². The fourth-order valence-corrected chi connectivity index (χ4v) is 3.90. The summed E-state index contributed by atoms with van der Waals surface area (Å²) in [7, 11) is 1.23. The minimum Gasteiger partial charge on any atom is -0.443 e. The van der Waals surface area contributed by atoms with Crippen molar-refractivity contribution >= 4 is 23.8 Å². The lowest BCUT2D eigenvalue weighted by Gasteiger charge is -2.23. The summed E-state index contributed by atoms with van der Waals surface area (Å²) in [4.78, 5) is 38.4. The molecule has 0 saturated carbocycles. The molecular weight excluding hydrogens is 480 g/mol. The first-order chi connectivity index (χ1) is 17.4. The first kappa shape index (κ1) is 25.7. The minimum absolute atomic E-state index is 0.0647. The van der Waals surface area contributed by atoms with Crippen LogP contribution < -0.4 is 0 Å². The van der Waals surface area contributed by atoms with Crippen LogP contribution in [0.25, 0.3) is 27.9 Å². The number of carbonyl (C=O) groups is 3. The van der Waals surface area contributed by atoms with E-state index in [0.29, 0.717) is 28.5 Å². The van der Waals surface area contributed by atoms with Crippen molar-refractivity contribution in [2.45, 2.75) is 33.3 Å². The molecule has 4 rings (SSSR count). The highest BCUT2D eigenvalue weighted by atomic mass is 19.1. The third-order valence-electron chi connectivity index (χ3n) is 5.73. The maximum Gasteiger partial charge on any atom is 0.417 e. The topological polar surface area (TPSA) is 81.0 Å². The molecule has 0 fully saturated rings. The van der Waals surface area contributed by atoms with Crippen LogP contribution in [0.2, 0.25) is 0 Å². The smallest absolute Gasteiger partial charge is 0.417 e. The highest BCUT2D eigenvalue weighted by Gasteiger charge is 2.32. The van der Waals surface area contributed by atoms with E-state index in [1.165, 1.54) is 48.1 Å². The van der Waals surface area contributed by atoms with Crippen molar-refractivity contribution in [3.05, 3.63) is 83.1 Å². The molecule has 0 aliphatic heterocycles. The van der Waals surface area contributed by atoms with Gasteiger partial charge < -0.3 is 4.74 Å². The quantitative estimate of drug-likeness (QED) is 0.314. The zero-order valence-corrected chi connectivity index (χ0v) is 21.0. The molecular formula is C28H25F2N3O4. The lowest BCUT2D eigenvalue weighted by molar-refractivity contribution is 0.0285. The van der Waals surface area contributed by atoms with Gasteiger partial charge in [-0.3, -0.25) is 9.59 Å². The predicted octanol–water partition coefficient (Wildman–Crippen LogP) is 6.07. The van der Waals surface area contributed by atoms with Gasteiger partial charge in [-0.05, 0) is 75.2 Å². The van der Waals surface area contributed by atoms with E-state index in [0.717, 1.165) is 4.90 Å². The number of fused-ring (bicyclic) bond motifs is 1. The number of aryl methyl sites for hydroxylation is 1. The van der Waals surface area contributed by atoms with Gasteiger partial charge in [0, 0.05) is 29.9 Å². The Morgan fingerprint density at radius 3 is 2.32 bits per heavy atom. The monoisotopic (exact) mass is 505 g/mol. The van der Waals surface area contributed by atoms with Gasteiger partial charge in [-0.2, -0.15) is 5.10 Å². The zero-order chi connectivity index (χ0) is 27.1. The molecule has 2 aromatic heterocycles. The highest BCUT2D eigenvalue weighted by Crippen LogP contribution is 2.34. The summed E-state index contributed by atoms with van der Waals surface area (Å²) in [5.74, 6) is -2.11. The SMILES string of the molecule is Cc1ccc(C=O)cc1-c1ccn2nc(-c3ccc(F)cc3)c(C(=O)N(C)C(=O)OC(C)(C)C)c2c1F. The van der Waals surface area contributed by atoms with E-state index >= 15 is 4.39 Å². The third-order valence-corrected chi connectivity index (χ3v) is 5.73. The number of aldehydes is 1. The summed E-state index contributed by atoms with van der Waals surface area (Å²) >= 11 is 0. The Labute approximate surface area is 212 Å². The first-order valence-corrected chi connectivity index (χ1v) is 11.5. The van der Waals surface area contributed by atoms with E-state index in [4.69, 9.17) is 4.74 Å². The van der Waals surface area contributed by atoms with Crippen LogP contribution in [-0.2, 0) is 4.74 Å². The maximum absolute atomic E-state index is 16.2. The molecule has 2 aromatic carbocycles. The van der Waals surface area contributed by atoms with E-state index in [-0.39, 0.29) is 22.3 Å². The molecule has 190 valence electrons. The third kappa shape index (κ3) is 4.97. The summed E-state index contributed by atoms with van der Waals surface area (Å²) < 4.78 is 36.4. The highest BCUT2D eigenvalue weighted by molar-refractivity contribution is 6.11. The average molecular weight is 506 g/mol. The number of rotatable bonds is 4. The number of nitrogens with zero attached hydrogens (tertiary/aromatic N) is 3. The number of hydrogen-bond donors (Lipinski definition) is 0. The standard InChI is InChI=1S/C28H25F2N3O4/c1-16-6-7-17(15-34)14-21(16)20-12-13-33-25(23(20)30)22(24(31-33)18-8-10-19(29)11-9-18)26(35)32(5)27(36)37-28(2,3)4/h6-15H,1-5H3. The molecule has 0 saturated heterocycles. The molecule has 9 heteroatoms. The van der Waals surface area contributed by atoms with Crippen LogP contribution >= 0.6 is 0 Å². The number of benzene rings is 2. The molecule has 0 atom stereocenters. The van der Waals surface area contributed by atoms with Crippen LogP contribution in [0.3, 0.4) is 0 Å². The van der Waals surface area contributed by atoms with E-state index in [1.54, 1.807) is 45.9 Å². The van der Waals surface area contributed by atoms with Crippen molar-refractivity contribution in [1.29, 1.82) is 0 Å². The average Bonchev–Trinajstić information content (AvgIpc) is 3.24. The maximum atomic E-state index is 16.2. The number of imide groups is 1. The molecule has 0 unspecified atom stereocenters. The number of carbonyl (C=O) groups excluding carboxylic acids is 3. The molecule has 2 amide bonds. The van der Waals surface area contributed by atoms with Gasteiger partial charge in [0.15, 0.2) is 5.82 Å². The molecule has 7 nitrogen and oxygen atoms in total.